The fourth-order valence-electron chi connectivity index (χ4n) is 4.62. The Morgan fingerprint density at radius 2 is 1.42 bits per heavy atom. The molecule has 5 rings (SSSR count). The van der Waals surface area contributed by atoms with Gasteiger partial charge in [-0.05, 0) is 80.1 Å². The Kier molecular flexibility index (Phi) is 7.50. The Morgan fingerprint density at radius 3 is 2.06 bits per heavy atom. The summed E-state index contributed by atoms with van der Waals surface area (Å²) in [5.41, 5.74) is 1.42. The van der Waals surface area contributed by atoms with Gasteiger partial charge in [0, 0.05) is 32.1 Å². The molecule has 36 heavy (non-hydrogen) atoms. The number of hydrogen-bond donors (Lipinski definition) is 0. The molecule has 3 aromatic carbocycles. The summed E-state index contributed by atoms with van der Waals surface area (Å²) in [4.78, 5) is 15.5. The SMILES string of the molecule is COCC1CCCN1CCOc1ccc(-n2ccn(-c3ccc(Oc4ccccc4)cc3)c2=O)cc1. The normalized spacial score (nSPS) is 15.8. The zero-order valence-electron chi connectivity index (χ0n) is 20.5. The third-order valence-corrected chi connectivity index (χ3v) is 6.49. The molecule has 0 saturated carbocycles. The van der Waals surface area contributed by atoms with Gasteiger partial charge in [0.05, 0.1) is 18.0 Å². The van der Waals surface area contributed by atoms with E-state index in [1.54, 1.807) is 28.6 Å². The second kappa shape index (κ2) is 11.3. The number of hydrogen-bond acceptors (Lipinski definition) is 5. The minimum Gasteiger partial charge on any atom is -0.492 e. The maximum absolute atomic E-state index is 13.1. The lowest BCUT2D eigenvalue weighted by Crippen LogP contribution is -2.35. The van der Waals surface area contributed by atoms with Gasteiger partial charge in [0.25, 0.3) is 0 Å². The lowest BCUT2D eigenvalue weighted by molar-refractivity contribution is 0.105. The van der Waals surface area contributed by atoms with E-state index in [1.165, 1.54) is 12.8 Å². The van der Waals surface area contributed by atoms with Crippen molar-refractivity contribution in [2.45, 2.75) is 18.9 Å². The van der Waals surface area contributed by atoms with Crippen LogP contribution >= 0.6 is 0 Å². The van der Waals surface area contributed by atoms with Crippen molar-refractivity contribution >= 4 is 0 Å². The molecule has 1 unspecified atom stereocenters. The highest BCUT2D eigenvalue weighted by atomic mass is 16.5. The fraction of sp³-hybridized carbons (Fsp3) is 0.276. The van der Waals surface area contributed by atoms with Crippen molar-refractivity contribution in [1.82, 2.24) is 14.0 Å². The van der Waals surface area contributed by atoms with Crippen LogP contribution in [0.15, 0.2) is 96.1 Å². The molecule has 2 heterocycles. The molecule has 7 heteroatoms. The van der Waals surface area contributed by atoms with Gasteiger partial charge in [0.15, 0.2) is 0 Å². The smallest absolute Gasteiger partial charge is 0.337 e. The first-order chi connectivity index (χ1) is 17.7. The fourth-order valence-corrected chi connectivity index (χ4v) is 4.62. The molecule has 0 amide bonds. The van der Waals surface area contributed by atoms with Crippen molar-refractivity contribution < 1.29 is 14.2 Å². The molecule has 1 saturated heterocycles. The highest BCUT2D eigenvalue weighted by Gasteiger charge is 2.23. The zero-order valence-corrected chi connectivity index (χ0v) is 20.5. The van der Waals surface area contributed by atoms with Gasteiger partial charge < -0.3 is 14.2 Å². The average Bonchev–Trinajstić information content (AvgIpc) is 3.52. The molecular weight excluding hydrogens is 454 g/mol. The molecule has 0 N–H and O–H groups in total. The summed E-state index contributed by atoms with van der Waals surface area (Å²) in [6, 6.07) is 25.2. The summed E-state index contributed by atoms with van der Waals surface area (Å²) in [5, 5.41) is 0. The number of ether oxygens (including phenoxy) is 3. The largest absolute Gasteiger partial charge is 0.492 e. The molecular formula is C29H31N3O4. The maximum Gasteiger partial charge on any atom is 0.337 e. The minimum absolute atomic E-state index is 0.140. The number of para-hydroxylation sites is 1. The van der Waals surface area contributed by atoms with E-state index in [0.29, 0.717) is 18.4 Å². The van der Waals surface area contributed by atoms with E-state index in [4.69, 9.17) is 14.2 Å². The third-order valence-electron chi connectivity index (χ3n) is 6.49. The second-order valence-electron chi connectivity index (χ2n) is 8.86. The Morgan fingerprint density at radius 1 is 0.806 bits per heavy atom. The van der Waals surface area contributed by atoms with Crippen molar-refractivity contribution in [3.05, 3.63) is 102 Å². The van der Waals surface area contributed by atoms with Crippen molar-refractivity contribution in [1.29, 1.82) is 0 Å². The Balaban J connectivity index is 1.20. The molecule has 1 fully saturated rings. The van der Waals surface area contributed by atoms with Crippen molar-refractivity contribution in [2.24, 2.45) is 0 Å². The number of imidazole rings is 1. The molecule has 0 radical (unpaired) electrons. The van der Waals surface area contributed by atoms with Crippen LogP contribution in [-0.2, 0) is 4.74 Å². The minimum atomic E-state index is -0.140. The maximum atomic E-state index is 13.1. The van der Waals surface area contributed by atoms with Gasteiger partial charge in [0.1, 0.15) is 23.9 Å². The number of methoxy groups -OCH3 is 1. The Hall–Kier alpha value is -3.81. The summed E-state index contributed by atoms with van der Waals surface area (Å²) in [6.45, 7) is 3.38. The van der Waals surface area contributed by atoms with Crippen molar-refractivity contribution in [3.63, 3.8) is 0 Å². The molecule has 1 atom stereocenters. The van der Waals surface area contributed by atoms with Crippen molar-refractivity contribution in [2.75, 3.05) is 33.4 Å². The summed E-state index contributed by atoms with van der Waals surface area (Å²) in [6.07, 6.45) is 5.94. The summed E-state index contributed by atoms with van der Waals surface area (Å²) in [7, 11) is 1.76. The monoisotopic (exact) mass is 485 g/mol. The van der Waals surface area contributed by atoms with Gasteiger partial charge in [-0.1, -0.05) is 18.2 Å². The van der Waals surface area contributed by atoms with Crippen LogP contribution in [0.4, 0.5) is 0 Å². The first-order valence-corrected chi connectivity index (χ1v) is 12.3. The predicted octanol–water partition coefficient (Wildman–Crippen LogP) is 4.91. The van der Waals surface area contributed by atoms with E-state index in [-0.39, 0.29) is 5.69 Å². The van der Waals surface area contributed by atoms with Crippen LogP contribution in [0, 0.1) is 0 Å². The highest BCUT2D eigenvalue weighted by molar-refractivity contribution is 5.41. The van der Waals surface area contributed by atoms with Gasteiger partial charge in [-0.25, -0.2) is 4.79 Å². The molecule has 4 aromatic rings. The number of nitrogens with zero attached hydrogens (tertiary/aromatic N) is 3. The second-order valence-corrected chi connectivity index (χ2v) is 8.86. The summed E-state index contributed by atoms with van der Waals surface area (Å²) < 4.78 is 20.4. The van der Waals surface area contributed by atoms with Crippen LogP contribution in [0.5, 0.6) is 17.2 Å². The number of benzene rings is 3. The Labute approximate surface area is 211 Å². The molecule has 0 spiro atoms. The van der Waals surface area contributed by atoms with Gasteiger partial charge in [-0.15, -0.1) is 0 Å². The quantitative estimate of drug-likeness (QED) is 0.320. The number of aromatic nitrogens is 2. The number of likely N-dealkylation sites (tertiary alicyclic amines) is 1. The third kappa shape index (κ3) is 5.53. The van der Waals surface area contributed by atoms with E-state index in [9.17, 15) is 4.79 Å². The van der Waals surface area contributed by atoms with Gasteiger partial charge >= 0.3 is 5.69 Å². The summed E-state index contributed by atoms with van der Waals surface area (Å²) in [5.74, 6) is 2.28. The Bertz CT molecular complexity index is 1300. The van der Waals surface area contributed by atoms with Crippen LogP contribution in [0.2, 0.25) is 0 Å². The van der Waals surface area contributed by atoms with E-state index in [0.717, 1.165) is 42.6 Å². The molecule has 1 aromatic heterocycles. The van der Waals surface area contributed by atoms with E-state index < -0.39 is 0 Å². The molecule has 186 valence electrons. The first-order valence-electron chi connectivity index (χ1n) is 12.3. The molecule has 1 aliphatic rings. The van der Waals surface area contributed by atoms with Crippen LogP contribution in [0.1, 0.15) is 12.8 Å². The van der Waals surface area contributed by atoms with Crippen molar-refractivity contribution in [3.8, 4) is 28.6 Å². The first kappa shape index (κ1) is 23.9. The zero-order chi connectivity index (χ0) is 24.7. The molecule has 7 nitrogen and oxygen atoms in total. The summed E-state index contributed by atoms with van der Waals surface area (Å²) >= 11 is 0. The molecule has 0 bridgehead atoms. The number of rotatable bonds is 10. The van der Waals surface area contributed by atoms with Crippen LogP contribution in [-0.4, -0.2) is 53.5 Å². The topological polar surface area (TPSA) is 57.9 Å². The van der Waals surface area contributed by atoms with E-state index in [1.807, 2.05) is 78.9 Å². The predicted molar refractivity (Wildman–Crippen MR) is 140 cm³/mol. The lowest BCUT2D eigenvalue weighted by Gasteiger charge is -2.23. The average molecular weight is 486 g/mol. The van der Waals surface area contributed by atoms with E-state index in [2.05, 4.69) is 4.90 Å². The van der Waals surface area contributed by atoms with Gasteiger partial charge in [-0.2, -0.15) is 0 Å². The van der Waals surface area contributed by atoms with Crippen LogP contribution in [0.25, 0.3) is 11.4 Å². The van der Waals surface area contributed by atoms with Gasteiger partial charge in [-0.3, -0.25) is 14.0 Å². The molecule has 1 aliphatic heterocycles. The van der Waals surface area contributed by atoms with Gasteiger partial charge in [0.2, 0.25) is 0 Å². The van der Waals surface area contributed by atoms with Crippen LogP contribution in [0.3, 0.4) is 0 Å². The standard InChI is InChI=1S/C29H31N3O4/c1-34-22-25-6-5-17-30(25)20-21-35-26-13-9-23(10-14-26)31-18-19-32(29(31)33)24-11-15-28(16-12-24)36-27-7-3-2-4-8-27/h2-4,7-16,18-19,25H,5-6,17,20-22H2,1H3. The highest BCUT2D eigenvalue weighted by Crippen LogP contribution is 2.22. The van der Waals surface area contributed by atoms with Crippen LogP contribution < -0.4 is 15.2 Å². The van der Waals surface area contributed by atoms with E-state index >= 15 is 0 Å². The molecule has 0 aliphatic carbocycles. The lowest BCUT2D eigenvalue weighted by atomic mass is 10.2.